The predicted octanol–water partition coefficient (Wildman–Crippen LogP) is 4.63. The first-order valence-corrected chi connectivity index (χ1v) is 9.74. The number of methoxy groups -OCH3 is 1. The Labute approximate surface area is 166 Å². The Bertz CT molecular complexity index is 851. The minimum atomic E-state index is -0.530. The number of carbonyl (C=O) groups excluding carboxylic acids is 2. The standard InChI is InChI=1S/C23H27NO4/c1-4-28-20-12-11-18(15-19(20)21(25)27-3)24-22(26)23(13-5-6-14-23)17-9-7-16(2)8-10-17/h7-12,15H,4-6,13-14H2,1-3H3,(H,24,26). The van der Waals surface area contributed by atoms with Crippen LogP contribution >= 0.6 is 0 Å². The number of rotatable bonds is 6. The molecule has 0 unspecified atom stereocenters. The van der Waals surface area contributed by atoms with Gasteiger partial charge in [0, 0.05) is 5.69 Å². The molecule has 28 heavy (non-hydrogen) atoms. The summed E-state index contributed by atoms with van der Waals surface area (Å²) in [7, 11) is 1.33. The fraction of sp³-hybridized carbons (Fsp3) is 0.391. The van der Waals surface area contributed by atoms with Crippen molar-refractivity contribution in [2.24, 2.45) is 0 Å². The molecule has 2 aromatic rings. The van der Waals surface area contributed by atoms with E-state index in [1.165, 1.54) is 12.7 Å². The van der Waals surface area contributed by atoms with Crippen molar-refractivity contribution in [2.45, 2.75) is 44.9 Å². The van der Waals surface area contributed by atoms with E-state index in [0.29, 0.717) is 23.6 Å². The molecule has 3 rings (SSSR count). The largest absolute Gasteiger partial charge is 0.493 e. The Morgan fingerprint density at radius 1 is 1.07 bits per heavy atom. The topological polar surface area (TPSA) is 64.6 Å². The van der Waals surface area contributed by atoms with E-state index < -0.39 is 11.4 Å². The van der Waals surface area contributed by atoms with Crippen LogP contribution in [0.2, 0.25) is 0 Å². The van der Waals surface area contributed by atoms with Gasteiger partial charge in [-0.2, -0.15) is 0 Å². The van der Waals surface area contributed by atoms with Crippen molar-refractivity contribution in [3.63, 3.8) is 0 Å². The average molecular weight is 381 g/mol. The zero-order valence-electron chi connectivity index (χ0n) is 16.7. The lowest BCUT2D eigenvalue weighted by molar-refractivity contribution is -0.121. The van der Waals surface area contributed by atoms with Crippen molar-refractivity contribution in [2.75, 3.05) is 19.0 Å². The van der Waals surface area contributed by atoms with Crippen LogP contribution in [0.25, 0.3) is 0 Å². The summed E-state index contributed by atoms with van der Waals surface area (Å²) in [5.74, 6) is -0.0797. The molecule has 0 heterocycles. The van der Waals surface area contributed by atoms with Crippen LogP contribution in [0.4, 0.5) is 5.69 Å². The molecule has 1 amide bonds. The van der Waals surface area contributed by atoms with Gasteiger partial charge in [-0.15, -0.1) is 0 Å². The van der Waals surface area contributed by atoms with Crippen molar-refractivity contribution >= 4 is 17.6 Å². The normalized spacial score (nSPS) is 15.1. The molecule has 0 aromatic heterocycles. The van der Waals surface area contributed by atoms with Crippen LogP contribution < -0.4 is 10.1 Å². The minimum Gasteiger partial charge on any atom is -0.493 e. The summed E-state index contributed by atoms with van der Waals surface area (Å²) in [6.45, 7) is 4.33. The van der Waals surface area contributed by atoms with E-state index in [1.807, 2.05) is 13.8 Å². The van der Waals surface area contributed by atoms with Crippen LogP contribution in [0.3, 0.4) is 0 Å². The monoisotopic (exact) mass is 381 g/mol. The quantitative estimate of drug-likeness (QED) is 0.741. The molecule has 1 saturated carbocycles. The van der Waals surface area contributed by atoms with Crippen molar-refractivity contribution in [3.8, 4) is 5.75 Å². The molecule has 0 saturated heterocycles. The van der Waals surface area contributed by atoms with Gasteiger partial charge in [-0.3, -0.25) is 4.79 Å². The third-order valence-corrected chi connectivity index (χ3v) is 5.44. The summed E-state index contributed by atoms with van der Waals surface area (Å²) in [5.41, 5.74) is 2.56. The van der Waals surface area contributed by atoms with Crippen molar-refractivity contribution in [3.05, 3.63) is 59.2 Å². The van der Waals surface area contributed by atoms with Gasteiger partial charge in [-0.05, 0) is 50.5 Å². The summed E-state index contributed by atoms with van der Waals surface area (Å²) < 4.78 is 10.4. The minimum absolute atomic E-state index is 0.0335. The first kappa shape index (κ1) is 19.9. The number of carbonyl (C=O) groups is 2. The molecular formula is C23H27NO4. The molecule has 1 fully saturated rings. The fourth-order valence-electron chi connectivity index (χ4n) is 3.91. The zero-order chi connectivity index (χ0) is 20.1. The van der Waals surface area contributed by atoms with E-state index in [-0.39, 0.29) is 5.91 Å². The number of esters is 1. The molecule has 1 aliphatic rings. The second kappa shape index (κ2) is 8.46. The van der Waals surface area contributed by atoms with Gasteiger partial charge in [0.2, 0.25) is 5.91 Å². The Morgan fingerprint density at radius 2 is 1.75 bits per heavy atom. The third-order valence-electron chi connectivity index (χ3n) is 5.44. The van der Waals surface area contributed by atoms with E-state index in [9.17, 15) is 9.59 Å². The second-order valence-electron chi connectivity index (χ2n) is 7.24. The lowest BCUT2D eigenvalue weighted by Gasteiger charge is -2.28. The van der Waals surface area contributed by atoms with Gasteiger partial charge in [-0.1, -0.05) is 42.7 Å². The Kier molecular flexibility index (Phi) is 6.02. The molecule has 0 radical (unpaired) electrons. The van der Waals surface area contributed by atoms with Gasteiger partial charge in [0.1, 0.15) is 11.3 Å². The number of ether oxygens (including phenoxy) is 2. The zero-order valence-corrected chi connectivity index (χ0v) is 16.7. The highest BCUT2D eigenvalue weighted by atomic mass is 16.5. The highest BCUT2D eigenvalue weighted by molar-refractivity contribution is 6.01. The predicted molar refractivity (Wildman–Crippen MR) is 109 cm³/mol. The Balaban J connectivity index is 1.90. The van der Waals surface area contributed by atoms with Gasteiger partial charge in [0.25, 0.3) is 0 Å². The van der Waals surface area contributed by atoms with E-state index in [1.54, 1.807) is 18.2 Å². The molecule has 1 aliphatic carbocycles. The number of nitrogens with one attached hydrogen (secondary N) is 1. The van der Waals surface area contributed by atoms with Gasteiger partial charge in [0.15, 0.2) is 0 Å². The van der Waals surface area contributed by atoms with Crippen LogP contribution in [0, 0.1) is 6.92 Å². The van der Waals surface area contributed by atoms with Crippen molar-refractivity contribution in [1.82, 2.24) is 0 Å². The number of anilines is 1. The number of amides is 1. The SMILES string of the molecule is CCOc1ccc(NC(=O)C2(c3ccc(C)cc3)CCCC2)cc1C(=O)OC. The number of benzene rings is 2. The number of aryl methyl sites for hydroxylation is 1. The van der Waals surface area contributed by atoms with Crippen LogP contribution in [0.5, 0.6) is 5.75 Å². The first-order chi connectivity index (χ1) is 13.5. The fourth-order valence-corrected chi connectivity index (χ4v) is 3.91. The number of hydrogen-bond acceptors (Lipinski definition) is 4. The van der Waals surface area contributed by atoms with Gasteiger partial charge >= 0.3 is 5.97 Å². The molecule has 1 N–H and O–H groups in total. The third kappa shape index (κ3) is 3.88. The summed E-state index contributed by atoms with van der Waals surface area (Å²) in [5, 5.41) is 3.02. The highest BCUT2D eigenvalue weighted by Crippen LogP contribution is 2.42. The second-order valence-corrected chi connectivity index (χ2v) is 7.24. The smallest absolute Gasteiger partial charge is 0.341 e. The Hall–Kier alpha value is -2.82. The van der Waals surface area contributed by atoms with Crippen LogP contribution in [0.15, 0.2) is 42.5 Å². The summed E-state index contributed by atoms with van der Waals surface area (Å²) in [6.07, 6.45) is 3.70. The summed E-state index contributed by atoms with van der Waals surface area (Å²) in [4.78, 5) is 25.4. The molecule has 0 atom stereocenters. The molecule has 0 aliphatic heterocycles. The summed E-state index contributed by atoms with van der Waals surface area (Å²) in [6, 6.07) is 13.3. The highest BCUT2D eigenvalue weighted by Gasteiger charge is 2.42. The van der Waals surface area contributed by atoms with Crippen LogP contribution in [0.1, 0.15) is 54.1 Å². The molecule has 148 valence electrons. The molecule has 5 heteroatoms. The van der Waals surface area contributed by atoms with E-state index >= 15 is 0 Å². The van der Waals surface area contributed by atoms with Gasteiger partial charge in [-0.25, -0.2) is 4.79 Å². The van der Waals surface area contributed by atoms with Gasteiger partial charge < -0.3 is 14.8 Å². The number of hydrogen-bond donors (Lipinski definition) is 1. The molecule has 0 spiro atoms. The first-order valence-electron chi connectivity index (χ1n) is 9.74. The van der Waals surface area contributed by atoms with Crippen LogP contribution in [-0.4, -0.2) is 25.6 Å². The molecule has 5 nitrogen and oxygen atoms in total. The summed E-state index contributed by atoms with van der Waals surface area (Å²) >= 11 is 0. The van der Waals surface area contributed by atoms with E-state index in [4.69, 9.17) is 9.47 Å². The maximum Gasteiger partial charge on any atom is 0.341 e. The molecule has 0 bridgehead atoms. The molecule has 2 aromatic carbocycles. The molecular weight excluding hydrogens is 354 g/mol. The lowest BCUT2D eigenvalue weighted by atomic mass is 9.77. The lowest BCUT2D eigenvalue weighted by Crippen LogP contribution is -2.38. The maximum absolute atomic E-state index is 13.3. The van der Waals surface area contributed by atoms with Crippen molar-refractivity contribution in [1.29, 1.82) is 0 Å². The maximum atomic E-state index is 13.3. The van der Waals surface area contributed by atoms with E-state index in [2.05, 4.69) is 29.6 Å². The van der Waals surface area contributed by atoms with E-state index in [0.717, 1.165) is 31.2 Å². The average Bonchev–Trinajstić information content (AvgIpc) is 3.20. The van der Waals surface area contributed by atoms with Crippen LogP contribution in [-0.2, 0) is 14.9 Å². The van der Waals surface area contributed by atoms with Gasteiger partial charge in [0.05, 0.1) is 19.1 Å². The Morgan fingerprint density at radius 3 is 2.36 bits per heavy atom. The van der Waals surface area contributed by atoms with Crippen molar-refractivity contribution < 1.29 is 19.1 Å².